The summed E-state index contributed by atoms with van der Waals surface area (Å²) in [4.78, 5) is 16.9. The second-order valence-corrected chi connectivity index (χ2v) is 8.09. The molecule has 3 aliphatic rings. The van der Waals surface area contributed by atoms with Crippen molar-refractivity contribution in [3.63, 3.8) is 0 Å². The van der Waals surface area contributed by atoms with E-state index < -0.39 is 0 Å². The van der Waals surface area contributed by atoms with Gasteiger partial charge in [0.05, 0.1) is 13.1 Å². The summed E-state index contributed by atoms with van der Waals surface area (Å²) in [6, 6.07) is 10.7. The highest BCUT2D eigenvalue weighted by molar-refractivity contribution is 5.75. The summed E-state index contributed by atoms with van der Waals surface area (Å²) in [5.41, 5.74) is 0. The smallest absolute Gasteiger partial charge is 0.317 e. The summed E-state index contributed by atoms with van der Waals surface area (Å²) >= 11 is 0. The van der Waals surface area contributed by atoms with E-state index in [0.717, 1.165) is 24.9 Å². The fraction of sp³-hybridized carbons (Fsp3) is 0.667. The molecule has 1 atom stereocenters. The fourth-order valence-corrected chi connectivity index (χ4v) is 4.58. The topological polar surface area (TPSA) is 44.8 Å². The molecule has 1 aromatic carbocycles. The quantitative estimate of drug-likeness (QED) is 0.881. The Bertz CT molecular complexity index is 582. The second-order valence-electron chi connectivity index (χ2n) is 8.09. The van der Waals surface area contributed by atoms with E-state index in [4.69, 9.17) is 4.74 Å². The van der Waals surface area contributed by atoms with Crippen LogP contribution in [0, 0.1) is 5.92 Å². The van der Waals surface area contributed by atoms with Crippen LogP contribution in [0.2, 0.25) is 0 Å². The summed E-state index contributed by atoms with van der Waals surface area (Å²) in [5.74, 6) is 1.48. The number of likely N-dealkylation sites (tertiary alicyclic amines) is 2. The van der Waals surface area contributed by atoms with E-state index in [2.05, 4.69) is 10.2 Å². The van der Waals surface area contributed by atoms with Gasteiger partial charge in [0.1, 0.15) is 11.9 Å². The number of para-hydroxylation sites is 1. The van der Waals surface area contributed by atoms with E-state index in [-0.39, 0.29) is 12.1 Å². The maximum Gasteiger partial charge on any atom is 0.317 e. The van der Waals surface area contributed by atoms with Crippen LogP contribution in [0.15, 0.2) is 30.3 Å². The minimum Gasteiger partial charge on any atom is -0.487 e. The zero-order valence-electron chi connectivity index (χ0n) is 15.6. The maximum atomic E-state index is 12.3. The zero-order valence-corrected chi connectivity index (χ0v) is 15.6. The molecule has 1 N–H and O–H groups in total. The van der Waals surface area contributed by atoms with E-state index >= 15 is 0 Å². The van der Waals surface area contributed by atoms with Crippen molar-refractivity contribution in [1.82, 2.24) is 15.1 Å². The number of hydrogen-bond donors (Lipinski definition) is 1. The Labute approximate surface area is 156 Å². The van der Waals surface area contributed by atoms with Crippen molar-refractivity contribution in [2.75, 3.05) is 32.7 Å². The summed E-state index contributed by atoms with van der Waals surface area (Å²) in [7, 11) is 0. The molecular formula is C21H31N3O2. The van der Waals surface area contributed by atoms with Crippen LogP contribution in [0.1, 0.15) is 38.5 Å². The number of nitrogens with zero attached hydrogens (tertiary/aromatic N) is 2. The predicted octanol–water partition coefficient (Wildman–Crippen LogP) is 3.11. The minimum atomic E-state index is 0.0656. The molecule has 5 heteroatoms. The average Bonchev–Trinajstić information content (AvgIpc) is 3.18. The van der Waals surface area contributed by atoms with Crippen LogP contribution in [-0.2, 0) is 0 Å². The van der Waals surface area contributed by atoms with E-state index in [1.807, 2.05) is 35.2 Å². The van der Waals surface area contributed by atoms with Gasteiger partial charge in [-0.15, -0.1) is 0 Å². The molecule has 1 aliphatic carbocycles. The summed E-state index contributed by atoms with van der Waals surface area (Å²) < 4.78 is 5.87. The number of nitrogens with one attached hydrogen (secondary N) is 1. The number of hydrogen-bond acceptors (Lipinski definition) is 3. The monoisotopic (exact) mass is 357 g/mol. The van der Waals surface area contributed by atoms with Gasteiger partial charge in [0, 0.05) is 19.1 Å². The van der Waals surface area contributed by atoms with Crippen LogP contribution in [0.4, 0.5) is 4.79 Å². The Morgan fingerprint density at radius 1 is 1.04 bits per heavy atom. The lowest BCUT2D eigenvalue weighted by Gasteiger charge is -2.40. The summed E-state index contributed by atoms with van der Waals surface area (Å²) in [6.07, 6.45) is 8.16. The molecule has 1 aromatic rings. The Kier molecular flexibility index (Phi) is 5.63. The van der Waals surface area contributed by atoms with Crippen molar-refractivity contribution in [3.8, 4) is 5.75 Å². The SMILES string of the molecule is O=C(NC[C@H]1CCCN(C2CCCC2)C1)N1CC(Oc2ccccc2)C1. The van der Waals surface area contributed by atoms with Crippen molar-refractivity contribution in [1.29, 1.82) is 0 Å². The van der Waals surface area contributed by atoms with Crippen molar-refractivity contribution in [2.24, 2.45) is 5.92 Å². The van der Waals surface area contributed by atoms with Gasteiger partial charge >= 0.3 is 6.03 Å². The molecule has 3 fully saturated rings. The van der Waals surface area contributed by atoms with Crippen LogP contribution in [0.3, 0.4) is 0 Å². The molecule has 2 aliphatic heterocycles. The maximum absolute atomic E-state index is 12.3. The van der Waals surface area contributed by atoms with Crippen LogP contribution < -0.4 is 10.1 Å². The molecule has 5 nitrogen and oxygen atoms in total. The van der Waals surface area contributed by atoms with Gasteiger partial charge < -0.3 is 19.9 Å². The molecule has 0 spiro atoms. The molecule has 0 aromatic heterocycles. The van der Waals surface area contributed by atoms with Gasteiger partial charge in [-0.2, -0.15) is 0 Å². The predicted molar refractivity (Wildman–Crippen MR) is 102 cm³/mol. The first-order valence-corrected chi connectivity index (χ1v) is 10.3. The molecule has 26 heavy (non-hydrogen) atoms. The number of benzene rings is 1. The Morgan fingerprint density at radius 3 is 2.58 bits per heavy atom. The van der Waals surface area contributed by atoms with E-state index in [1.54, 1.807) is 0 Å². The third kappa shape index (κ3) is 4.32. The van der Waals surface area contributed by atoms with Gasteiger partial charge in [0.2, 0.25) is 0 Å². The highest BCUT2D eigenvalue weighted by Gasteiger charge is 2.33. The average molecular weight is 357 g/mol. The normalized spacial score (nSPS) is 25.1. The molecule has 2 heterocycles. The first-order chi connectivity index (χ1) is 12.8. The fourth-order valence-electron chi connectivity index (χ4n) is 4.58. The lowest BCUT2D eigenvalue weighted by molar-refractivity contribution is 0.0433. The van der Waals surface area contributed by atoms with Crippen LogP contribution in [-0.4, -0.2) is 60.7 Å². The lowest BCUT2D eigenvalue weighted by atomic mass is 9.96. The van der Waals surface area contributed by atoms with Crippen molar-refractivity contribution in [3.05, 3.63) is 30.3 Å². The molecule has 2 saturated heterocycles. The number of piperidine rings is 1. The minimum absolute atomic E-state index is 0.0656. The molecule has 0 radical (unpaired) electrons. The van der Waals surface area contributed by atoms with Crippen LogP contribution >= 0.6 is 0 Å². The highest BCUT2D eigenvalue weighted by Crippen LogP contribution is 2.27. The van der Waals surface area contributed by atoms with Crippen LogP contribution in [0.25, 0.3) is 0 Å². The molecule has 4 rings (SSSR count). The number of carbonyl (C=O) groups excluding carboxylic acids is 1. The zero-order chi connectivity index (χ0) is 17.8. The molecule has 1 saturated carbocycles. The van der Waals surface area contributed by atoms with Crippen molar-refractivity contribution in [2.45, 2.75) is 50.7 Å². The first kappa shape index (κ1) is 17.7. The third-order valence-corrected chi connectivity index (χ3v) is 6.11. The van der Waals surface area contributed by atoms with Crippen LogP contribution in [0.5, 0.6) is 5.75 Å². The van der Waals surface area contributed by atoms with Gasteiger partial charge in [-0.25, -0.2) is 4.79 Å². The standard InChI is InChI=1S/C21H31N3O2/c25-21(24-15-20(16-24)26-19-10-2-1-3-11-19)22-13-17-7-6-12-23(14-17)18-8-4-5-9-18/h1-3,10-11,17-18,20H,4-9,12-16H2,(H,22,25)/t17-/m1/s1. The van der Waals surface area contributed by atoms with Crippen molar-refractivity contribution >= 4 is 6.03 Å². The number of carbonyl (C=O) groups is 1. The second kappa shape index (κ2) is 8.30. The summed E-state index contributed by atoms with van der Waals surface area (Å²) in [6.45, 7) is 4.58. The lowest BCUT2D eigenvalue weighted by Crippen LogP contribution is -2.59. The third-order valence-electron chi connectivity index (χ3n) is 6.11. The first-order valence-electron chi connectivity index (χ1n) is 10.3. The van der Waals surface area contributed by atoms with Gasteiger partial charge in [-0.1, -0.05) is 31.0 Å². The Hall–Kier alpha value is -1.75. The molecule has 0 unspecified atom stereocenters. The summed E-state index contributed by atoms with van der Waals surface area (Å²) in [5, 5.41) is 3.15. The Balaban J connectivity index is 1.15. The number of urea groups is 1. The van der Waals surface area contributed by atoms with Crippen molar-refractivity contribution < 1.29 is 9.53 Å². The van der Waals surface area contributed by atoms with E-state index in [9.17, 15) is 4.79 Å². The number of ether oxygens (including phenoxy) is 1. The van der Waals surface area contributed by atoms with Gasteiger partial charge in [0.25, 0.3) is 0 Å². The molecular weight excluding hydrogens is 326 g/mol. The van der Waals surface area contributed by atoms with E-state index in [0.29, 0.717) is 19.0 Å². The molecule has 142 valence electrons. The Morgan fingerprint density at radius 2 is 1.81 bits per heavy atom. The largest absolute Gasteiger partial charge is 0.487 e. The van der Waals surface area contributed by atoms with Gasteiger partial charge in [-0.3, -0.25) is 0 Å². The molecule has 0 bridgehead atoms. The molecule has 2 amide bonds. The number of rotatable bonds is 5. The van der Waals surface area contributed by atoms with Gasteiger partial charge in [-0.05, 0) is 50.3 Å². The number of amides is 2. The highest BCUT2D eigenvalue weighted by atomic mass is 16.5. The van der Waals surface area contributed by atoms with E-state index in [1.165, 1.54) is 45.1 Å². The van der Waals surface area contributed by atoms with Gasteiger partial charge in [0.15, 0.2) is 0 Å².